The van der Waals surface area contributed by atoms with Crippen molar-refractivity contribution in [3.8, 4) is 11.5 Å². The largest absolute Gasteiger partial charge is 0.496 e. The van der Waals surface area contributed by atoms with Crippen LogP contribution in [0.5, 0.6) is 11.5 Å². The lowest BCUT2D eigenvalue weighted by Crippen LogP contribution is -2.41. The predicted molar refractivity (Wildman–Crippen MR) is 107 cm³/mol. The summed E-state index contributed by atoms with van der Waals surface area (Å²) in [4.78, 5) is 24.4. The van der Waals surface area contributed by atoms with Gasteiger partial charge in [-0.1, -0.05) is 19.9 Å². The van der Waals surface area contributed by atoms with Crippen molar-refractivity contribution in [2.24, 2.45) is 5.92 Å². The van der Waals surface area contributed by atoms with Crippen LogP contribution in [0.2, 0.25) is 0 Å². The van der Waals surface area contributed by atoms with Crippen LogP contribution in [0.4, 0.5) is 0 Å². The Hall–Kier alpha value is -2.29. The Morgan fingerprint density at radius 3 is 2.27 bits per heavy atom. The first kappa shape index (κ1) is 20.0. The first-order chi connectivity index (χ1) is 12.4. The first-order valence-electron chi connectivity index (χ1n) is 8.07. The Morgan fingerprint density at radius 1 is 1.04 bits per heavy atom. The molecular formula is C19H21IN2O4. The van der Waals surface area contributed by atoms with E-state index in [2.05, 4.69) is 33.4 Å². The molecule has 0 fully saturated rings. The maximum absolute atomic E-state index is 12.2. The second kappa shape index (κ2) is 9.42. The van der Waals surface area contributed by atoms with Gasteiger partial charge in [-0.05, 0) is 64.9 Å². The molecule has 0 heterocycles. The Labute approximate surface area is 166 Å². The van der Waals surface area contributed by atoms with Crippen LogP contribution in [0.1, 0.15) is 34.6 Å². The zero-order valence-corrected chi connectivity index (χ0v) is 17.0. The Morgan fingerprint density at radius 2 is 1.69 bits per heavy atom. The van der Waals surface area contributed by atoms with Crippen LogP contribution in [-0.4, -0.2) is 25.5 Å². The number of ether oxygens (including phenoxy) is 2. The van der Waals surface area contributed by atoms with Crippen LogP contribution in [0, 0.1) is 9.49 Å². The van der Waals surface area contributed by atoms with Crippen LogP contribution in [0.3, 0.4) is 0 Å². The van der Waals surface area contributed by atoms with Gasteiger partial charge in [-0.3, -0.25) is 20.4 Å². The minimum atomic E-state index is -0.420. The lowest BCUT2D eigenvalue weighted by molar-refractivity contribution is 0.0846. The fourth-order valence-corrected chi connectivity index (χ4v) is 2.79. The molecular weight excluding hydrogens is 447 g/mol. The summed E-state index contributed by atoms with van der Waals surface area (Å²) in [6.45, 7) is 4.66. The van der Waals surface area contributed by atoms with Gasteiger partial charge in [-0.15, -0.1) is 0 Å². The van der Waals surface area contributed by atoms with Crippen LogP contribution in [-0.2, 0) is 0 Å². The molecule has 138 valence electrons. The lowest BCUT2D eigenvalue weighted by Gasteiger charge is -2.11. The third-order valence-electron chi connectivity index (χ3n) is 3.38. The standard InChI is InChI=1S/C19H21IN2O4/c1-12(2)11-26-15-6-4-5-13(9-15)18(23)21-22-19(24)14-7-8-17(25-3)16(20)10-14/h4-10,12H,11H2,1-3H3,(H,21,23)(H,22,24). The van der Waals surface area contributed by atoms with Gasteiger partial charge in [0.05, 0.1) is 17.3 Å². The molecule has 0 aromatic heterocycles. The van der Waals surface area contributed by atoms with Gasteiger partial charge in [0.1, 0.15) is 11.5 Å². The molecule has 6 nitrogen and oxygen atoms in total. The lowest BCUT2D eigenvalue weighted by atomic mass is 10.2. The second-order valence-corrected chi connectivity index (χ2v) is 7.15. The number of methoxy groups -OCH3 is 1. The van der Waals surface area contributed by atoms with E-state index in [1.165, 1.54) is 0 Å². The Bertz CT molecular complexity index is 793. The Balaban J connectivity index is 1.96. The smallest absolute Gasteiger partial charge is 0.269 e. The van der Waals surface area contributed by atoms with E-state index in [4.69, 9.17) is 9.47 Å². The highest BCUT2D eigenvalue weighted by molar-refractivity contribution is 14.1. The zero-order chi connectivity index (χ0) is 19.1. The highest BCUT2D eigenvalue weighted by Gasteiger charge is 2.12. The molecule has 2 aromatic rings. The fraction of sp³-hybridized carbons (Fsp3) is 0.263. The van der Waals surface area contributed by atoms with Gasteiger partial charge in [0.2, 0.25) is 0 Å². The number of rotatable bonds is 6. The molecule has 0 saturated heterocycles. The number of hydrogen-bond donors (Lipinski definition) is 2. The van der Waals surface area contributed by atoms with Crippen molar-refractivity contribution in [2.45, 2.75) is 13.8 Å². The summed E-state index contributed by atoms with van der Waals surface area (Å²) < 4.78 is 11.6. The van der Waals surface area contributed by atoms with E-state index in [1.54, 1.807) is 49.6 Å². The number of carbonyl (C=O) groups excluding carboxylic acids is 2. The molecule has 0 unspecified atom stereocenters. The maximum Gasteiger partial charge on any atom is 0.269 e. The topological polar surface area (TPSA) is 76.7 Å². The van der Waals surface area contributed by atoms with E-state index in [0.717, 1.165) is 3.57 Å². The second-order valence-electron chi connectivity index (χ2n) is 5.99. The molecule has 2 N–H and O–H groups in total. The van der Waals surface area contributed by atoms with Crippen LogP contribution >= 0.6 is 22.6 Å². The molecule has 2 rings (SSSR count). The molecule has 0 radical (unpaired) electrons. The van der Waals surface area contributed by atoms with Crippen molar-refractivity contribution < 1.29 is 19.1 Å². The highest BCUT2D eigenvalue weighted by Crippen LogP contribution is 2.21. The molecule has 7 heteroatoms. The van der Waals surface area contributed by atoms with Gasteiger partial charge < -0.3 is 9.47 Å². The summed E-state index contributed by atoms with van der Waals surface area (Å²) in [6, 6.07) is 11.8. The highest BCUT2D eigenvalue weighted by atomic mass is 127. The maximum atomic E-state index is 12.2. The van der Waals surface area contributed by atoms with E-state index in [1.807, 2.05) is 13.8 Å². The quantitative estimate of drug-likeness (QED) is 0.504. The molecule has 0 aliphatic heterocycles. The van der Waals surface area contributed by atoms with Crippen molar-refractivity contribution in [1.82, 2.24) is 10.9 Å². The third-order valence-corrected chi connectivity index (χ3v) is 4.23. The summed E-state index contributed by atoms with van der Waals surface area (Å²) in [5.41, 5.74) is 5.64. The number of nitrogens with one attached hydrogen (secondary N) is 2. The van der Waals surface area contributed by atoms with Gasteiger partial charge in [0.15, 0.2) is 0 Å². The van der Waals surface area contributed by atoms with E-state index in [0.29, 0.717) is 35.2 Å². The number of hydrazine groups is 1. The third kappa shape index (κ3) is 5.62. The molecule has 0 atom stereocenters. The van der Waals surface area contributed by atoms with E-state index in [9.17, 15) is 9.59 Å². The fourth-order valence-electron chi connectivity index (χ4n) is 2.06. The average Bonchev–Trinajstić information content (AvgIpc) is 2.64. The van der Waals surface area contributed by atoms with Crippen molar-refractivity contribution in [2.75, 3.05) is 13.7 Å². The van der Waals surface area contributed by atoms with E-state index in [-0.39, 0.29) is 0 Å². The molecule has 26 heavy (non-hydrogen) atoms. The van der Waals surface area contributed by atoms with Gasteiger partial charge >= 0.3 is 0 Å². The van der Waals surface area contributed by atoms with Crippen molar-refractivity contribution in [3.63, 3.8) is 0 Å². The van der Waals surface area contributed by atoms with Gasteiger partial charge in [-0.25, -0.2) is 0 Å². The molecule has 0 saturated carbocycles. The van der Waals surface area contributed by atoms with Gasteiger partial charge in [0, 0.05) is 11.1 Å². The van der Waals surface area contributed by atoms with Crippen molar-refractivity contribution in [3.05, 3.63) is 57.2 Å². The molecule has 0 spiro atoms. The molecule has 2 aromatic carbocycles. The number of carbonyl (C=O) groups is 2. The predicted octanol–water partition coefficient (Wildman–Crippen LogP) is 3.41. The molecule has 2 amide bonds. The summed E-state index contributed by atoms with van der Waals surface area (Å²) in [5, 5.41) is 0. The molecule has 0 aliphatic carbocycles. The number of hydrogen-bond acceptors (Lipinski definition) is 4. The van der Waals surface area contributed by atoms with Crippen LogP contribution in [0.15, 0.2) is 42.5 Å². The first-order valence-corrected chi connectivity index (χ1v) is 9.15. The van der Waals surface area contributed by atoms with Crippen molar-refractivity contribution in [1.29, 1.82) is 0 Å². The number of amides is 2. The molecule has 0 bridgehead atoms. The van der Waals surface area contributed by atoms with Crippen LogP contribution in [0.25, 0.3) is 0 Å². The van der Waals surface area contributed by atoms with Gasteiger partial charge in [-0.2, -0.15) is 0 Å². The average molecular weight is 468 g/mol. The van der Waals surface area contributed by atoms with E-state index >= 15 is 0 Å². The van der Waals surface area contributed by atoms with E-state index < -0.39 is 11.8 Å². The number of benzene rings is 2. The number of halogens is 1. The Kier molecular flexibility index (Phi) is 7.26. The van der Waals surface area contributed by atoms with Crippen LogP contribution < -0.4 is 20.3 Å². The molecule has 0 aliphatic rings. The summed E-state index contributed by atoms with van der Waals surface area (Å²) in [6.07, 6.45) is 0. The monoisotopic (exact) mass is 468 g/mol. The SMILES string of the molecule is COc1ccc(C(=O)NNC(=O)c2cccc(OCC(C)C)c2)cc1I. The normalized spacial score (nSPS) is 10.3. The van der Waals surface area contributed by atoms with Gasteiger partial charge in [0.25, 0.3) is 11.8 Å². The zero-order valence-electron chi connectivity index (χ0n) is 14.8. The summed E-state index contributed by atoms with van der Waals surface area (Å²) in [7, 11) is 1.57. The summed E-state index contributed by atoms with van der Waals surface area (Å²) in [5.74, 6) is 0.855. The van der Waals surface area contributed by atoms with Crippen molar-refractivity contribution >= 4 is 34.4 Å². The minimum Gasteiger partial charge on any atom is -0.496 e. The summed E-state index contributed by atoms with van der Waals surface area (Å²) >= 11 is 2.08. The minimum absolute atomic E-state index is 0.388.